The minimum absolute atomic E-state index is 0.0360. The van der Waals surface area contributed by atoms with E-state index in [4.69, 9.17) is 35.3 Å². The molecule has 0 aromatic carbocycles. The Balaban J connectivity index is 1.78. The fourth-order valence-corrected chi connectivity index (χ4v) is 10.1. The summed E-state index contributed by atoms with van der Waals surface area (Å²) >= 11 is 0. The first kappa shape index (κ1) is 47.9. The van der Waals surface area contributed by atoms with Crippen LogP contribution in [0.15, 0.2) is 47.6 Å². The molecule has 15 nitrogen and oxygen atoms in total. The molecular weight excluding hydrogens is 887 g/mol. The summed E-state index contributed by atoms with van der Waals surface area (Å²) < 4.78 is 92.8. The largest absolute Gasteiger partial charge is 0.460 e. The maximum Gasteiger partial charge on any atom is 0.329 e. The van der Waals surface area contributed by atoms with E-state index >= 15 is 0 Å². The van der Waals surface area contributed by atoms with Gasteiger partial charge in [-0.05, 0) is 106 Å². The standard InChI is InChI=1S/C54H85NO14/c1-32-17-13-12-14-18-33(2)45(64-9)30-41-22-20-37(6)54(63,69-41)51(60)52(61)55-24-16-15-19-42(55)53(62)68-46(35(4)28-40-21-23-44(67-26-25-56)47(29-40)65-10)31-43(57)34(3)27-36(5)48(58)50(66-11)49(59)39(8)38(32)7/h12-14,17-18,27,32,34-35,37-42,44-48,50,56,58,63H,15-16,19-26,28-31H2,1-11H3/b14-12?,17-13+,33-18?,36-27+/t32-,34-,35-,37-,38?,39-,40+,41+,42+,44-,45+,46+,47-,48-,50-,54-/m1/s1/i9D3,26D2,32D,38D. The lowest BCUT2D eigenvalue weighted by atomic mass is 9.78. The maximum atomic E-state index is 14.6. The molecule has 16 atom stereocenters. The third-order valence-corrected chi connectivity index (χ3v) is 15.0. The molecule has 15 heteroatoms. The Kier molecular flexibility index (Phi) is 19.0. The molecule has 0 radical (unpaired) electrons. The highest BCUT2D eigenvalue weighted by molar-refractivity contribution is 6.39. The summed E-state index contributed by atoms with van der Waals surface area (Å²) in [7, 11) is -0.157. The molecule has 1 saturated carbocycles. The Labute approximate surface area is 421 Å². The fraction of sp³-hybridized carbons (Fsp3) is 0.759. The number of aliphatic hydroxyl groups excluding tert-OH is 2. The third-order valence-electron chi connectivity index (χ3n) is 15.0. The molecule has 0 aromatic rings. The Bertz CT molecular complexity index is 2150. The highest BCUT2D eigenvalue weighted by Crippen LogP contribution is 2.38. The second-order valence-corrected chi connectivity index (χ2v) is 19.8. The van der Waals surface area contributed by atoms with Crippen LogP contribution in [-0.2, 0) is 52.4 Å². The molecule has 3 heterocycles. The lowest BCUT2D eigenvalue weighted by Crippen LogP contribution is -2.61. The van der Waals surface area contributed by atoms with Crippen molar-refractivity contribution < 1.29 is 77.3 Å². The van der Waals surface area contributed by atoms with E-state index in [1.165, 1.54) is 60.1 Å². The molecule has 1 amide bonds. The van der Waals surface area contributed by atoms with E-state index in [1.807, 2.05) is 6.92 Å². The zero-order valence-corrected chi connectivity index (χ0v) is 42.4. The van der Waals surface area contributed by atoms with E-state index in [-0.39, 0.29) is 50.1 Å². The van der Waals surface area contributed by atoms with E-state index in [1.54, 1.807) is 39.0 Å². The van der Waals surface area contributed by atoms with Crippen molar-refractivity contribution in [2.45, 2.75) is 181 Å². The second kappa shape index (κ2) is 27.4. The van der Waals surface area contributed by atoms with Crippen LogP contribution in [-0.4, -0.2) is 145 Å². The Morgan fingerprint density at radius 1 is 0.928 bits per heavy atom. The Morgan fingerprint density at radius 2 is 1.67 bits per heavy atom. The molecule has 1 aliphatic carbocycles. The van der Waals surface area contributed by atoms with Gasteiger partial charge in [0.25, 0.3) is 11.7 Å². The van der Waals surface area contributed by atoms with Gasteiger partial charge in [0.2, 0.25) is 5.79 Å². The van der Waals surface area contributed by atoms with Crippen molar-refractivity contribution >= 4 is 29.2 Å². The predicted octanol–water partition coefficient (Wildman–Crippen LogP) is 6.44. The van der Waals surface area contributed by atoms with Gasteiger partial charge in [0.05, 0.1) is 44.4 Å². The molecule has 2 bridgehead atoms. The number of nitrogens with zero attached hydrogens (tertiary/aromatic N) is 1. The zero-order chi connectivity index (χ0) is 57.3. The summed E-state index contributed by atoms with van der Waals surface area (Å²) in [6.45, 7) is 9.33. The normalized spacial score (nSPS) is 42.7. The number of amides is 1. The molecule has 4 rings (SSSR count). The number of cyclic esters (lactones) is 1. The van der Waals surface area contributed by atoms with Crippen LogP contribution in [0.5, 0.6) is 0 Å². The van der Waals surface area contributed by atoms with Gasteiger partial charge < -0.3 is 48.6 Å². The van der Waals surface area contributed by atoms with Crippen LogP contribution in [0.3, 0.4) is 0 Å². The number of ketones is 3. The average Bonchev–Trinajstić information content (AvgIpc) is 3.35. The number of piperidine rings is 1. The van der Waals surface area contributed by atoms with Crippen molar-refractivity contribution in [2.75, 3.05) is 41.0 Å². The maximum absolute atomic E-state index is 14.6. The SMILES string of the molecule is [2H]C([2H])([2H])O[C@H]1C[C@@H]2CC[C@@H](C)[C@@](O)(O2)C(=O)C(=O)N2CCCC[C@H]2C(=O)O[C@H]([C@H](C)C[C@@H]2CC[C@@H](OC([2H])([2H])CO)[C@H](OC)C2)CC(=O)[C@H](C)/C=C(\C)[C@@H](O)[C@@H](OC)C(=O)[C@H](C)C([2H])(C)[C@]([2H])(C)/C=C/C=CC=C1C. The number of ether oxygens (including phenoxy) is 6. The molecule has 3 fully saturated rings. The molecule has 0 spiro atoms. The number of esters is 1. The van der Waals surface area contributed by atoms with Gasteiger partial charge in [0, 0.05) is 61.1 Å². The van der Waals surface area contributed by atoms with Crippen molar-refractivity contribution in [3.8, 4) is 0 Å². The summed E-state index contributed by atoms with van der Waals surface area (Å²) in [6, 6.07) is -1.29. The number of hydrogen-bond acceptors (Lipinski definition) is 14. The van der Waals surface area contributed by atoms with Gasteiger partial charge in [0.15, 0.2) is 5.78 Å². The summed E-state index contributed by atoms with van der Waals surface area (Å²) in [5.74, 6) is -14.1. The minimum Gasteiger partial charge on any atom is -0.460 e. The summed E-state index contributed by atoms with van der Waals surface area (Å²) in [5, 5.41) is 33.2. The monoisotopic (exact) mass is 979 g/mol. The second-order valence-electron chi connectivity index (χ2n) is 19.8. The number of methoxy groups -OCH3 is 3. The number of Topliss-reactive ketones (excluding diaryl/α,β-unsaturated/α-hetero) is 3. The first-order valence-electron chi connectivity index (χ1n) is 28.2. The molecule has 3 N–H and O–H groups in total. The quantitative estimate of drug-likeness (QED) is 0.129. The number of rotatable bonds is 9. The zero-order valence-electron chi connectivity index (χ0n) is 49.4. The van der Waals surface area contributed by atoms with Crippen molar-refractivity contribution in [3.05, 3.63) is 47.6 Å². The number of carbonyl (C=O) groups excluding carboxylic acids is 5. The Morgan fingerprint density at radius 3 is 2.35 bits per heavy atom. The molecule has 390 valence electrons. The number of carbonyl (C=O) groups is 5. The number of hydrogen-bond donors (Lipinski definition) is 3. The van der Waals surface area contributed by atoms with Gasteiger partial charge in [-0.3, -0.25) is 19.2 Å². The van der Waals surface area contributed by atoms with Crippen LogP contribution in [0.1, 0.15) is 136 Å². The van der Waals surface area contributed by atoms with Crippen LogP contribution < -0.4 is 0 Å². The van der Waals surface area contributed by atoms with E-state index < -0.39 is 139 Å². The van der Waals surface area contributed by atoms with Gasteiger partial charge >= 0.3 is 5.97 Å². The van der Waals surface area contributed by atoms with Gasteiger partial charge in [-0.25, -0.2) is 4.79 Å². The lowest BCUT2D eigenvalue weighted by Gasteiger charge is -2.42. The molecule has 1 unspecified atom stereocenters. The van der Waals surface area contributed by atoms with Crippen LogP contribution in [0, 0.1) is 41.4 Å². The van der Waals surface area contributed by atoms with Gasteiger partial charge in [0.1, 0.15) is 30.1 Å². The smallest absolute Gasteiger partial charge is 0.329 e. The Hall–Kier alpha value is -3.41. The van der Waals surface area contributed by atoms with Gasteiger partial charge in [-0.1, -0.05) is 78.0 Å². The third kappa shape index (κ3) is 15.3. The summed E-state index contributed by atoms with van der Waals surface area (Å²) in [4.78, 5) is 72.9. The molecule has 69 heavy (non-hydrogen) atoms. The van der Waals surface area contributed by atoms with Crippen molar-refractivity contribution in [1.82, 2.24) is 4.90 Å². The van der Waals surface area contributed by atoms with Gasteiger partial charge in [-0.15, -0.1) is 0 Å². The van der Waals surface area contributed by atoms with Crippen molar-refractivity contribution in [3.63, 3.8) is 0 Å². The number of aliphatic hydroxyl groups is 3. The van der Waals surface area contributed by atoms with Crippen LogP contribution in [0.4, 0.5) is 0 Å². The van der Waals surface area contributed by atoms with E-state index in [0.717, 1.165) is 4.90 Å². The topological polar surface area (TPSA) is 205 Å². The van der Waals surface area contributed by atoms with Gasteiger partial charge in [-0.2, -0.15) is 0 Å². The van der Waals surface area contributed by atoms with Crippen LogP contribution in [0.2, 0.25) is 0 Å². The summed E-state index contributed by atoms with van der Waals surface area (Å²) in [5.41, 5.74) is 0.628. The van der Waals surface area contributed by atoms with Crippen molar-refractivity contribution in [1.29, 1.82) is 0 Å². The minimum atomic E-state index is -2.87. The lowest BCUT2D eigenvalue weighted by molar-refractivity contribution is -0.265. The average molecular weight is 979 g/mol. The first-order valence-corrected chi connectivity index (χ1v) is 24.7. The highest BCUT2D eigenvalue weighted by Gasteiger charge is 2.53. The van der Waals surface area contributed by atoms with E-state index in [0.29, 0.717) is 44.1 Å². The fourth-order valence-electron chi connectivity index (χ4n) is 10.1. The first-order chi connectivity index (χ1) is 35.2. The van der Waals surface area contributed by atoms with Crippen LogP contribution >= 0.6 is 0 Å². The molecular formula is C54H85NO14. The van der Waals surface area contributed by atoms with Crippen molar-refractivity contribution in [2.24, 2.45) is 41.4 Å². The molecule has 2 saturated heterocycles. The molecule has 4 aliphatic rings. The van der Waals surface area contributed by atoms with E-state index in [9.17, 15) is 42.0 Å². The molecule has 0 aromatic heterocycles. The van der Waals surface area contributed by atoms with E-state index in [2.05, 4.69) is 0 Å². The predicted molar refractivity (Wildman–Crippen MR) is 261 cm³/mol. The molecule has 3 aliphatic heterocycles. The highest BCUT2D eigenvalue weighted by atomic mass is 16.6. The van der Waals surface area contributed by atoms with Crippen LogP contribution in [0.25, 0.3) is 0 Å². The number of fused-ring (bicyclic) bond motifs is 3. The summed E-state index contributed by atoms with van der Waals surface area (Å²) in [6.07, 6.45) is 4.48. The number of allylic oxidation sites excluding steroid dienone is 6.